The zero-order valence-electron chi connectivity index (χ0n) is 14.0. The molecule has 4 nitrogen and oxygen atoms in total. The largest absolute Gasteiger partial charge is 0.329 e. The fourth-order valence-corrected chi connectivity index (χ4v) is 3.48. The topological polar surface area (TPSA) is 49.6 Å². The zero-order chi connectivity index (χ0) is 16.1. The molecule has 1 aliphatic heterocycles. The average molecular weight is 303 g/mol. The van der Waals surface area contributed by atoms with Gasteiger partial charge >= 0.3 is 0 Å². The monoisotopic (exact) mass is 303 g/mol. The van der Waals surface area contributed by atoms with Gasteiger partial charge in [0, 0.05) is 24.3 Å². The summed E-state index contributed by atoms with van der Waals surface area (Å²) in [4.78, 5) is 17.0. The van der Waals surface area contributed by atoms with E-state index >= 15 is 0 Å². The van der Waals surface area contributed by atoms with Gasteiger partial charge in [0.2, 0.25) is 5.91 Å². The van der Waals surface area contributed by atoms with Gasteiger partial charge < -0.3 is 10.6 Å². The van der Waals surface area contributed by atoms with Gasteiger partial charge in [0.25, 0.3) is 0 Å². The van der Waals surface area contributed by atoms with Crippen LogP contribution in [0.2, 0.25) is 0 Å². The summed E-state index contributed by atoms with van der Waals surface area (Å²) < 4.78 is 0. The second-order valence-corrected chi connectivity index (χ2v) is 6.59. The van der Waals surface area contributed by atoms with E-state index in [-0.39, 0.29) is 11.9 Å². The van der Waals surface area contributed by atoms with E-state index in [9.17, 15) is 4.79 Å². The lowest BCUT2D eigenvalue weighted by Crippen LogP contribution is -2.53. The van der Waals surface area contributed by atoms with Crippen LogP contribution >= 0.6 is 0 Å². The molecule has 1 aromatic carbocycles. The number of benzene rings is 1. The van der Waals surface area contributed by atoms with Gasteiger partial charge in [-0.1, -0.05) is 25.1 Å². The highest BCUT2D eigenvalue weighted by molar-refractivity contribution is 5.95. The normalized spacial score (nSPS) is 22.8. The summed E-state index contributed by atoms with van der Waals surface area (Å²) in [5, 5.41) is 0. The Morgan fingerprint density at radius 1 is 1.36 bits per heavy atom. The molecule has 0 spiro atoms. The fraction of sp³-hybridized carbons (Fsp3) is 0.611. The molecule has 0 aliphatic carbocycles. The first-order chi connectivity index (χ1) is 10.5. The number of piperidine rings is 1. The predicted molar refractivity (Wildman–Crippen MR) is 91.9 cm³/mol. The SMILES string of the molecule is CC1CCCN(CC(=O)N(c2ccccc2)C(C)C)C1CN. The van der Waals surface area contributed by atoms with Crippen molar-refractivity contribution in [1.82, 2.24) is 4.90 Å². The molecule has 1 fully saturated rings. The Kier molecular flexibility index (Phi) is 5.98. The third kappa shape index (κ3) is 3.87. The zero-order valence-corrected chi connectivity index (χ0v) is 14.0. The van der Waals surface area contributed by atoms with Gasteiger partial charge in [-0.25, -0.2) is 0 Å². The molecule has 0 saturated carbocycles. The summed E-state index contributed by atoms with van der Waals surface area (Å²) in [6.45, 7) is 8.42. The maximum Gasteiger partial charge on any atom is 0.241 e. The molecule has 22 heavy (non-hydrogen) atoms. The maximum absolute atomic E-state index is 12.9. The summed E-state index contributed by atoms with van der Waals surface area (Å²) in [5.74, 6) is 0.726. The van der Waals surface area contributed by atoms with Crippen LogP contribution in [0.3, 0.4) is 0 Å². The molecule has 122 valence electrons. The molecule has 2 rings (SSSR count). The van der Waals surface area contributed by atoms with E-state index in [1.165, 1.54) is 6.42 Å². The second kappa shape index (κ2) is 7.75. The summed E-state index contributed by atoms with van der Waals surface area (Å²) >= 11 is 0. The molecule has 2 N–H and O–H groups in total. The van der Waals surface area contributed by atoms with Crippen molar-refractivity contribution in [2.75, 3.05) is 24.5 Å². The first kappa shape index (κ1) is 17.0. The summed E-state index contributed by atoms with van der Waals surface area (Å²) in [6, 6.07) is 10.4. The number of likely N-dealkylation sites (tertiary alicyclic amines) is 1. The molecule has 1 saturated heterocycles. The number of amides is 1. The third-order valence-corrected chi connectivity index (χ3v) is 4.63. The van der Waals surface area contributed by atoms with Crippen LogP contribution in [-0.4, -0.2) is 42.5 Å². The Bertz CT molecular complexity index is 474. The molecule has 0 radical (unpaired) electrons. The standard InChI is InChI=1S/C18H29N3O/c1-14(2)21(16-9-5-4-6-10-16)18(22)13-20-11-7-8-15(3)17(20)12-19/h4-6,9-10,14-15,17H,7-8,11-13,19H2,1-3H3. The summed E-state index contributed by atoms with van der Waals surface area (Å²) in [7, 11) is 0. The van der Waals surface area contributed by atoms with Gasteiger partial charge in [-0.15, -0.1) is 0 Å². The first-order valence-electron chi connectivity index (χ1n) is 8.35. The van der Waals surface area contributed by atoms with Gasteiger partial charge in [0.1, 0.15) is 0 Å². The lowest BCUT2D eigenvalue weighted by molar-refractivity contribution is -0.121. The Labute approximate surface area is 134 Å². The minimum Gasteiger partial charge on any atom is -0.329 e. The highest BCUT2D eigenvalue weighted by Gasteiger charge is 2.30. The van der Waals surface area contributed by atoms with Crippen molar-refractivity contribution in [3.8, 4) is 0 Å². The van der Waals surface area contributed by atoms with Crippen LogP contribution < -0.4 is 10.6 Å². The molecular formula is C18H29N3O. The second-order valence-electron chi connectivity index (χ2n) is 6.59. The average Bonchev–Trinajstić information content (AvgIpc) is 2.48. The highest BCUT2D eigenvalue weighted by Crippen LogP contribution is 2.23. The van der Waals surface area contributed by atoms with E-state index in [1.807, 2.05) is 35.2 Å². The van der Waals surface area contributed by atoms with Crippen molar-refractivity contribution >= 4 is 11.6 Å². The predicted octanol–water partition coefficient (Wildman–Crippen LogP) is 2.49. The van der Waals surface area contributed by atoms with Crippen molar-refractivity contribution in [1.29, 1.82) is 0 Å². The van der Waals surface area contributed by atoms with Gasteiger partial charge in [0.15, 0.2) is 0 Å². The van der Waals surface area contributed by atoms with Crippen molar-refractivity contribution in [3.63, 3.8) is 0 Å². The van der Waals surface area contributed by atoms with Crippen LogP contribution in [0.5, 0.6) is 0 Å². The first-order valence-corrected chi connectivity index (χ1v) is 8.35. The minimum atomic E-state index is 0.147. The molecule has 1 aromatic rings. The van der Waals surface area contributed by atoms with Crippen molar-refractivity contribution in [2.24, 2.45) is 11.7 Å². The Balaban J connectivity index is 2.11. The Morgan fingerprint density at radius 2 is 2.05 bits per heavy atom. The molecular weight excluding hydrogens is 274 g/mol. The molecule has 2 atom stereocenters. The number of rotatable bonds is 5. The number of anilines is 1. The number of carbonyl (C=O) groups is 1. The highest BCUT2D eigenvalue weighted by atomic mass is 16.2. The molecule has 0 aromatic heterocycles. The number of nitrogens with two attached hydrogens (primary N) is 1. The maximum atomic E-state index is 12.9. The fourth-order valence-electron chi connectivity index (χ4n) is 3.48. The van der Waals surface area contributed by atoms with Crippen LogP contribution in [0.25, 0.3) is 0 Å². The number of hydrogen-bond acceptors (Lipinski definition) is 3. The van der Waals surface area contributed by atoms with E-state index in [0.29, 0.717) is 25.0 Å². The lowest BCUT2D eigenvalue weighted by atomic mass is 9.91. The van der Waals surface area contributed by atoms with Crippen molar-refractivity contribution < 1.29 is 4.79 Å². The number of carbonyl (C=O) groups excluding carboxylic acids is 1. The molecule has 1 amide bonds. The van der Waals surface area contributed by atoms with Gasteiger partial charge in [-0.3, -0.25) is 9.69 Å². The van der Waals surface area contributed by atoms with Crippen LogP contribution in [0.1, 0.15) is 33.6 Å². The molecule has 0 bridgehead atoms. The number of hydrogen-bond donors (Lipinski definition) is 1. The molecule has 2 unspecified atom stereocenters. The molecule has 1 heterocycles. The van der Waals surface area contributed by atoms with Crippen molar-refractivity contribution in [3.05, 3.63) is 30.3 Å². The number of nitrogens with zero attached hydrogens (tertiary/aromatic N) is 2. The van der Waals surface area contributed by atoms with Crippen LogP contribution in [0, 0.1) is 5.92 Å². The smallest absolute Gasteiger partial charge is 0.241 e. The Hall–Kier alpha value is -1.39. The Morgan fingerprint density at radius 3 is 2.64 bits per heavy atom. The lowest BCUT2D eigenvalue weighted by Gasteiger charge is -2.40. The van der Waals surface area contributed by atoms with E-state index < -0.39 is 0 Å². The van der Waals surface area contributed by atoms with E-state index in [2.05, 4.69) is 25.7 Å². The van der Waals surface area contributed by atoms with Gasteiger partial charge in [0.05, 0.1) is 6.54 Å². The molecule has 1 aliphatic rings. The van der Waals surface area contributed by atoms with E-state index in [1.54, 1.807) is 0 Å². The van der Waals surface area contributed by atoms with E-state index in [4.69, 9.17) is 5.73 Å². The van der Waals surface area contributed by atoms with E-state index in [0.717, 1.165) is 18.7 Å². The van der Waals surface area contributed by atoms with Gasteiger partial charge in [-0.05, 0) is 51.3 Å². The van der Waals surface area contributed by atoms with Crippen LogP contribution in [-0.2, 0) is 4.79 Å². The third-order valence-electron chi connectivity index (χ3n) is 4.63. The molecule has 4 heteroatoms. The van der Waals surface area contributed by atoms with Crippen LogP contribution in [0.4, 0.5) is 5.69 Å². The summed E-state index contributed by atoms with van der Waals surface area (Å²) in [5.41, 5.74) is 6.91. The van der Waals surface area contributed by atoms with Crippen LogP contribution in [0.15, 0.2) is 30.3 Å². The number of para-hydroxylation sites is 1. The minimum absolute atomic E-state index is 0.147. The quantitative estimate of drug-likeness (QED) is 0.909. The summed E-state index contributed by atoms with van der Waals surface area (Å²) in [6.07, 6.45) is 2.36. The van der Waals surface area contributed by atoms with Gasteiger partial charge in [-0.2, -0.15) is 0 Å². The van der Waals surface area contributed by atoms with Crippen molar-refractivity contribution in [2.45, 2.75) is 45.7 Å².